The fraction of sp³-hybridized carbons (Fsp3) is 0.538. The molecule has 1 atom stereocenters. The number of nitrogens with one attached hydrogen (secondary N) is 1. The highest BCUT2D eigenvalue weighted by Crippen LogP contribution is 2.18. The van der Waals surface area contributed by atoms with E-state index in [1.165, 1.54) is 31.2 Å². The summed E-state index contributed by atoms with van der Waals surface area (Å²) in [6.07, 6.45) is 5.20. The van der Waals surface area contributed by atoms with Gasteiger partial charge in [-0.1, -0.05) is 44.0 Å². The maximum atomic E-state index is 3.61. The van der Waals surface area contributed by atoms with Crippen molar-refractivity contribution < 1.29 is 0 Å². The van der Waals surface area contributed by atoms with E-state index in [-0.39, 0.29) is 0 Å². The molecule has 1 aromatic carbocycles. The van der Waals surface area contributed by atoms with Gasteiger partial charge in [-0.2, -0.15) is 0 Å². The Balaban J connectivity index is 1.99. The minimum Gasteiger partial charge on any atom is -0.310 e. The van der Waals surface area contributed by atoms with E-state index >= 15 is 0 Å². The molecule has 1 aliphatic heterocycles. The van der Waals surface area contributed by atoms with Gasteiger partial charge in [0.25, 0.3) is 0 Å². The zero-order valence-electron chi connectivity index (χ0n) is 8.92. The molecule has 1 heterocycles. The van der Waals surface area contributed by atoms with Crippen LogP contribution in [0.1, 0.15) is 37.3 Å². The molecule has 14 heavy (non-hydrogen) atoms. The van der Waals surface area contributed by atoms with Crippen LogP contribution in [0.2, 0.25) is 0 Å². The summed E-state index contributed by atoms with van der Waals surface area (Å²) in [4.78, 5) is 0. The van der Waals surface area contributed by atoms with Crippen molar-refractivity contribution in [1.29, 1.82) is 0 Å². The van der Waals surface area contributed by atoms with Gasteiger partial charge < -0.3 is 5.32 Å². The van der Waals surface area contributed by atoms with Gasteiger partial charge in [-0.05, 0) is 24.0 Å². The van der Waals surface area contributed by atoms with Gasteiger partial charge in [0.05, 0.1) is 0 Å². The molecule has 0 amide bonds. The van der Waals surface area contributed by atoms with Crippen LogP contribution in [-0.2, 0) is 13.0 Å². The molecule has 1 N–H and O–H groups in total. The first-order chi connectivity index (χ1) is 6.90. The van der Waals surface area contributed by atoms with E-state index in [9.17, 15) is 0 Å². The Morgan fingerprint density at radius 3 is 2.86 bits per heavy atom. The second-order valence-corrected chi connectivity index (χ2v) is 4.19. The number of hydrogen-bond acceptors (Lipinski definition) is 1. The van der Waals surface area contributed by atoms with Gasteiger partial charge in [0.2, 0.25) is 0 Å². The molecule has 1 aromatic rings. The number of unbranched alkanes of at least 4 members (excludes halogenated alkanes) is 1. The Bertz CT molecular complexity index is 293. The van der Waals surface area contributed by atoms with Crippen LogP contribution in [-0.4, -0.2) is 6.04 Å². The molecule has 0 unspecified atom stereocenters. The lowest BCUT2D eigenvalue weighted by molar-refractivity contribution is 0.439. The summed E-state index contributed by atoms with van der Waals surface area (Å²) in [5, 5.41) is 3.61. The van der Waals surface area contributed by atoms with Crippen LogP contribution in [0.4, 0.5) is 0 Å². The van der Waals surface area contributed by atoms with Gasteiger partial charge in [-0.25, -0.2) is 0 Å². The van der Waals surface area contributed by atoms with Gasteiger partial charge in [-0.15, -0.1) is 0 Å². The molecule has 0 radical (unpaired) electrons. The number of fused-ring (bicyclic) bond motifs is 1. The third-order valence-corrected chi connectivity index (χ3v) is 3.07. The van der Waals surface area contributed by atoms with Crippen molar-refractivity contribution in [2.75, 3.05) is 0 Å². The van der Waals surface area contributed by atoms with Gasteiger partial charge >= 0.3 is 0 Å². The number of hydrogen-bond donors (Lipinski definition) is 1. The zero-order chi connectivity index (χ0) is 9.80. The van der Waals surface area contributed by atoms with Crippen LogP contribution >= 0.6 is 0 Å². The fourth-order valence-corrected chi connectivity index (χ4v) is 2.18. The van der Waals surface area contributed by atoms with E-state index in [1.807, 2.05) is 0 Å². The van der Waals surface area contributed by atoms with E-state index in [4.69, 9.17) is 0 Å². The fourth-order valence-electron chi connectivity index (χ4n) is 2.18. The average Bonchev–Trinajstić information content (AvgIpc) is 2.26. The molecule has 2 rings (SSSR count). The summed E-state index contributed by atoms with van der Waals surface area (Å²) in [5.74, 6) is 0. The summed E-state index contributed by atoms with van der Waals surface area (Å²) in [6, 6.07) is 9.51. The smallest absolute Gasteiger partial charge is 0.0210 e. The minimum atomic E-state index is 0.713. The van der Waals surface area contributed by atoms with Crippen LogP contribution in [0.15, 0.2) is 24.3 Å². The SMILES string of the molecule is CCCC[C@H]1Cc2ccccc2CN1. The number of rotatable bonds is 3. The lowest BCUT2D eigenvalue weighted by atomic mass is 9.93. The summed E-state index contributed by atoms with van der Waals surface area (Å²) in [6.45, 7) is 3.32. The van der Waals surface area contributed by atoms with Crippen LogP contribution in [0.5, 0.6) is 0 Å². The van der Waals surface area contributed by atoms with Crippen molar-refractivity contribution >= 4 is 0 Å². The normalized spacial score (nSPS) is 20.5. The van der Waals surface area contributed by atoms with Crippen molar-refractivity contribution in [3.63, 3.8) is 0 Å². The molecule has 0 spiro atoms. The predicted molar refractivity (Wildman–Crippen MR) is 60.3 cm³/mol. The van der Waals surface area contributed by atoms with Crippen molar-refractivity contribution in [2.24, 2.45) is 0 Å². The minimum absolute atomic E-state index is 0.713. The third kappa shape index (κ3) is 2.16. The topological polar surface area (TPSA) is 12.0 Å². The largest absolute Gasteiger partial charge is 0.310 e. The molecule has 0 aromatic heterocycles. The molecule has 0 saturated heterocycles. The molecular weight excluding hydrogens is 170 g/mol. The van der Waals surface area contributed by atoms with Crippen molar-refractivity contribution in [1.82, 2.24) is 5.32 Å². The molecule has 0 bridgehead atoms. The summed E-state index contributed by atoms with van der Waals surface area (Å²) < 4.78 is 0. The van der Waals surface area contributed by atoms with Gasteiger partial charge in [0, 0.05) is 12.6 Å². The van der Waals surface area contributed by atoms with Crippen LogP contribution < -0.4 is 5.32 Å². The Labute approximate surface area is 86.5 Å². The lowest BCUT2D eigenvalue weighted by Gasteiger charge is -2.25. The molecule has 1 aliphatic rings. The standard InChI is InChI=1S/C13H19N/c1-2-3-8-13-9-11-6-4-5-7-12(11)10-14-13/h4-7,13-14H,2-3,8-10H2,1H3/t13-/m0/s1. The third-order valence-electron chi connectivity index (χ3n) is 3.07. The molecule has 1 nitrogen and oxygen atoms in total. The quantitative estimate of drug-likeness (QED) is 0.771. The summed E-state index contributed by atoms with van der Waals surface area (Å²) in [7, 11) is 0. The second kappa shape index (κ2) is 4.61. The maximum absolute atomic E-state index is 3.61. The van der Waals surface area contributed by atoms with Gasteiger partial charge in [-0.3, -0.25) is 0 Å². The molecule has 76 valence electrons. The first kappa shape index (κ1) is 9.72. The Morgan fingerprint density at radius 2 is 2.07 bits per heavy atom. The molecular formula is C13H19N. The summed E-state index contributed by atoms with van der Waals surface area (Å²) >= 11 is 0. The second-order valence-electron chi connectivity index (χ2n) is 4.19. The molecule has 1 heteroatoms. The zero-order valence-corrected chi connectivity index (χ0v) is 8.92. The highest BCUT2D eigenvalue weighted by Gasteiger charge is 2.16. The van der Waals surface area contributed by atoms with Crippen LogP contribution in [0.25, 0.3) is 0 Å². The van der Waals surface area contributed by atoms with Crippen molar-refractivity contribution in [2.45, 2.75) is 45.2 Å². The molecule has 0 fully saturated rings. The Kier molecular flexibility index (Phi) is 3.20. The average molecular weight is 189 g/mol. The predicted octanol–water partition coefficient (Wildman–Crippen LogP) is 2.89. The van der Waals surface area contributed by atoms with Gasteiger partial charge in [0.15, 0.2) is 0 Å². The Morgan fingerprint density at radius 1 is 1.29 bits per heavy atom. The monoisotopic (exact) mass is 189 g/mol. The van der Waals surface area contributed by atoms with Crippen molar-refractivity contribution in [3.05, 3.63) is 35.4 Å². The molecule has 0 saturated carbocycles. The van der Waals surface area contributed by atoms with E-state index in [2.05, 4.69) is 36.5 Å². The van der Waals surface area contributed by atoms with Gasteiger partial charge in [0.1, 0.15) is 0 Å². The van der Waals surface area contributed by atoms with Crippen LogP contribution in [0, 0.1) is 0 Å². The van der Waals surface area contributed by atoms with E-state index < -0.39 is 0 Å². The highest BCUT2D eigenvalue weighted by molar-refractivity contribution is 5.29. The highest BCUT2D eigenvalue weighted by atomic mass is 14.9. The van der Waals surface area contributed by atoms with Crippen molar-refractivity contribution in [3.8, 4) is 0 Å². The summed E-state index contributed by atoms with van der Waals surface area (Å²) in [5.41, 5.74) is 3.03. The first-order valence-electron chi connectivity index (χ1n) is 5.70. The maximum Gasteiger partial charge on any atom is 0.0210 e. The Hall–Kier alpha value is -0.820. The van der Waals surface area contributed by atoms with E-state index in [1.54, 1.807) is 5.56 Å². The molecule has 0 aliphatic carbocycles. The van der Waals surface area contributed by atoms with E-state index in [0.717, 1.165) is 6.54 Å². The lowest BCUT2D eigenvalue weighted by Crippen LogP contribution is -2.35. The van der Waals surface area contributed by atoms with E-state index in [0.29, 0.717) is 6.04 Å². The number of benzene rings is 1. The van der Waals surface area contributed by atoms with Crippen LogP contribution in [0.3, 0.4) is 0 Å². The first-order valence-corrected chi connectivity index (χ1v) is 5.70.